The van der Waals surface area contributed by atoms with Crippen molar-refractivity contribution in [1.29, 1.82) is 0 Å². The van der Waals surface area contributed by atoms with E-state index in [1.165, 1.54) is 6.07 Å². The van der Waals surface area contributed by atoms with Crippen molar-refractivity contribution in [1.82, 2.24) is 9.97 Å². The number of fused-ring (bicyclic) bond motifs is 1. The molecule has 0 bridgehead atoms. The third-order valence-electron chi connectivity index (χ3n) is 2.84. The van der Waals surface area contributed by atoms with Gasteiger partial charge in [-0.15, -0.1) is 0 Å². The third-order valence-corrected chi connectivity index (χ3v) is 2.84. The molecule has 1 heterocycles. The summed E-state index contributed by atoms with van der Waals surface area (Å²) in [6.07, 6.45) is -4.36. The summed E-state index contributed by atoms with van der Waals surface area (Å²) in [7, 11) is 0. The van der Waals surface area contributed by atoms with Gasteiger partial charge in [-0.05, 0) is 30.3 Å². The minimum atomic E-state index is -4.36. The molecule has 20 heavy (non-hydrogen) atoms. The Balaban J connectivity index is 1.91. The Morgan fingerprint density at radius 2 is 1.80 bits per heavy atom. The van der Waals surface area contributed by atoms with Crippen LogP contribution in [0, 0.1) is 0 Å². The number of halogens is 3. The Bertz CT molecular complexity index is 714. The summed E-state index contributed by atoms with van der Waals surface area (Å²) in [6, 6.07) is 12.4. The summed E-state index contributed by atoms with van der Waals surface area (Å²) in [5, 5.41) is 2.84. The van der Waals surface area contributed by atoms with E-state index in [9.17, 15) is 13.2 Å². The van der Waals surface area contributed by atoms with Crippen LogP contribution in [0.5, 0.6) is 0 Å². The first-order valence-corrected chi connectivity index (χ1v) is 5.91. The van der Waals surface area contributed by atoms with Gasteiger partial charge in [0.15, 0.2) is 0 Å². The van der Waals surface area contributed by atoms with Gasteiger partial charge in [0.1, 0.15) is 0 Å². The molecule has 3 nitrogen and oxygen atoms in total. The Labute approximate surface area is 112 Å². The molecule has 0 fully saturated rings. The quantitative estimate of drug-likeness (QED) is 0.732. The molecule has 2 aromatic carbocycles. The second kappa shape index (κ2) is 4.56. The number of para-hydroxylation sites is 2. The molecule has 0 aliphatic rings. The normalized spacial score (nSPS) is 11.8. The Kier molecular flexibility index (Phi) is 2.85. The standard InChI is InChI=1S/C14H10F3N3/c15-14(16,17)9-4-3-5-10(8-9)18-13-19-11-6-1-2-7-12(11)20-13/h1-8H,(H2,18,19,20). The maximum absolute atomic E-state index is 12.6. The highest BCUT2D eigenvalue weighted by atomic mass is 19.4. The molecule has 6 heteroatoms. The van der Waals surface area contributed by atoms with Crippen LogP contribution in [0.15, 0.2) is 48.5 Å². The van der Waals surface area contributed by atoms with E-state index in [-0.39, 0.29) is 0 Å². The minimum absolute atomic E-state index is 0.332. The topological polar surface area (TPSA) is 40.7 Å². The smallest absolute Gasteiger partial charge is 0.326 e. The van der Waals surface area contributed by atoms with Gasteiger partial charge in [-0.1, -0.05) is 18.2 Å². The van der Waals surface area contributed by atoms with Crippen LogP contribution in [-0.4, -0.2) is 9.97 Å². The number of hydrogen-bond acceptors (Lipinski definition) is 2. The van der Waals surface area contributed by atoms with E-state index in [4.69, 9.17) is 0 Å². The van der Waals surface area contributed by atoms with Gasteiger partial charge in [0.05, 0.1) is 16.6 Å². The van der Waals surface area contributed by atoms with E-state index in [2.05, 4.69) is 15.3 Å². The van der Waals surface area contributed by atoms with E-state index in [0.29, 0.717) is 11.6 Å². The van der Waals surface area contributed by atoms with Gasteiger partial charge >= 0.3 is 6.18 Å². The van der Waals surface area contributed by atoms with Gasteiger partial charge in [-0.2, -0.15) is 13.2 Å². The maximum Gasteiger partial charge on any atom is 0.416 e. The van der Waals surface area contributed by atoms with Gasteiger partial charge in [-0.25, -0.2) is 4.98 Å². The van der Waals surface area contributed by atoms with Gasteiger partial charge in [-0.3, -0.25) is 0 Å². The predicted octanol–water partition coefficient (Wildman–Crippen LogP) is 4.33. The summed E-state index contributed by atoms with van der Waals surface area (Å²) in [6.45, 7) is 0. The molecule has 0 saturated carbocycles. The number of nitrogens with zero attached hydrogens (tertiary/aromatic N) is 1. The van der Waals surface area contributed by atoms with Crippen molar-refractivity contribution in [2.75, 3.05) is 5.32 Å². The van der Waals surface area contributed by atoms with Gasteiger partial charge < -0.3 is 10.3 Å². The van der Waals surface area contributed by atoms with Crippen molar-refractivity contribution < 1.29 is 13.2 Å². The zero-order valence-corrected chi connectivity index (χ0v) is 10.2. The SMILES string of the molecule is FC(F)(F)c1cccc(Nc2nc3ccccc3[nH]2)c1. The van der Waals surface area contributed by atoms with Crippen LogP contribution < -0.4 is 5.32 Å². The van der Waals surface area contributed by atoms with E-state index < -0.39 is 11.7 Å². The number of anilines is 2. The summed E-state index contributed by atoms with van der Waals surface area (Å²) >= 11 is 0. The van der Waals surface area contributed by atoms with Crippen LogP contribution in [0.3, 0.4) is 0 Å². The number of H-pyrrole nitrogens is 1. The molecule has 0 unspecified atom stereocenters. The average Bonchev–Trinajstić information content (AvgIpc) is 2.80. The van der Waals surface area contributed by atoms with Crippen LogP contribution in [0.25, 0.3) is 11.0 Å². The molecule has 0 atom stereocenters. The number of alkyl halides is 3. The zero-order chi connectivity index (χ0) is 14.2. The van der Waals surface area contributed by atoms with Crippen molar-refractivity contribution in [3.8, 4) is 0 Å². The fourth-order valence-electron chi connectivity index (χ4n) is 1.92. The zero-order valence-electron chi connectivity index (χ0n) is 10.2. The van der Waals surface area contributed by atoms with Crippen molar-refractivity contribution in [2.45, 2.75) is 6.18 Å². The molecular formula is C14H10F3N3. The van der Waals surface area contributed by atoms with Crippen molar-refractivity contribution in [3.63, 3.8) is 0 Å². The number of benzene rings is 2. The summed E-state index contributed by atoms with van der Waals surface area (Å²) in [5.74, 6) is 0.408. The monoisotopic (exact) mass is 277 g/mol. The Morgan fingerprint density at radius 3 is 2.55 bits per heavy atom. The van der Waals surface area contributed by atoms with Crippen LogP contribution in [0.4, 0.5) is 24.8 Å². The molecular weight excluding hydrogens is 267 g/mol. The first-order valence-electron chi connectivity index (χ1n) is 5.91. The summed E-state index contributed by atoms with van der Waals surface area (Å²) in [4.78, 5) is 7.25. The Morgan fingerprint density at radius 1 is 1.00 bits per heavy atom. The lowest BCUT2D eigenvalue weighted by molar-refractivity contribution is -0.137. The number of aromatic amines is 1. The van der Waals surface area contributed by atoms with Crippen molar-refractivity contribution in [2.24, 2.45) is 0 Å². The fraction of sp³-hybridized carbons (Fsp3) is 0.0714. The number of imidazole rings is 1. The van der Waals surface area contributed by atoms with Gasteiger partial charge in [0.2, 0.25) is 5.95 Å². The van der Waals surface area contributed by atoms with Crippen LogP contribution in [0.1, 0.15) is 5.56 Å². The number of nitrogens with one attached hydrogen (secondary N) is 2. The summed E-state index contributed by atoms with van der Waals surface area (Å²) in [5.41, 5.74) is 1.21. The minimum Gasteiger partial charge on any atom is -0.326 e. The third kappa shape index (κ3) is 2.45. The first-order chi connectivity index (χ1) is 9.52. The second-order valence-corrected chi connectivity index (χ2v) is 4.31. The number of rotatable bonds is 2. The number of hydrogen-bond donors (Lipinski definition) is 2. The average molecular weight is 277 g/mol. The highest BCUT2D eigenvalue weighted by molar-refractivity contribution is 5.78. The van der Waals surface area contributed by atoms with Gasteiger partial charge in [0, 0.05) is 5.69 Å². The fourth-order valence-corrected chi connectivity index (χ4v) is 1.92. The van der Waals surface area contributed by atoms with Crippen LogP contribution in [0.2, 0.25) is 0 Å². The first kappa shape index (κ1) is 12.5. The van der Waals surface area contributed by atoms with E-state index in [1.807, 2.05) is 24.3 Å². The van der Waals surface area contributed by atoms with Crippen molar-refractivity contribution in [3.05, 3.63) is 54.1 Å². The predicted molar refractivity (Wildman–Crippen MR) is 70.8 cm³/mol. The molecule has 102 valence electrons. The molecule has 0 aliphatic carbocycles. The lowest BCUT2D eigenvalue weighted by Crippen LogP contribution is -2.05. The molecule has 0 radical (unpaired) electrons. The van der Waals surface area contributed by atoms with E-state index in [1.54, 1.807) is 6.07 Å². The molecule has 3 aromatic rings. The molecule has 2 N–H and O–H groups in total. The molecule has 3 rings (SSSR count). The van der Waals surface area contributed by atoms with Crippen LogP contribution in [-0.2, 0) is 6.18 Å². The molecule has 1 aromatic heterocycles. The Hall–Kier alpha value is -2.50. The second-order valence-electron chi connectivity index (χ2n) is 4.31. The van der Waals surface area contributed by atoms with Crippen molar-refractivity contribution >= 4 is 22.7 Å². The maximum atomic E-state index is 12.6. The molecule has 0 aliphatic heterocycles. The lowest BCUT2D eigenvalue weighted by Gasteiger charge is -2.08. The number of aromatic nitrogens is 2. The highest BCUT2D eigenvalue weighted by Crippen LogP contribution is 2.31. The van der Waals surface area contributed by atoms with Crippen LogP contribution >= 0.6 is 0 Å². The lowest BCUT2D eigenvalue weighted by atomic mass is 10.2. The molecule has 0 spiro atoms. The van der Waals surface area contributed by atoms with E-state index in [0.717, 1.165) is 23.2 Å². The van der Waals surface area contributed by atoms with E-state index >= 15 is 0 Å². The highest BCUT2D eigenvalue weighted by Gasteiger charge is 2.30. The summed E-state index contributed by atoms with van der Waals surface area (Å²) < 4.78 is 37.9. The molecule has 0 amide bonds. The van der Waals surface area contributed by atoms with Gasteiger partial charge in [0.25, 0.3) is 0 Å². The largest absolute Gasteiger partial charge is 0.416 e. The molecule has 0 saturated heterocycles.